The van der Waals surface area contributed by atoms with E-state index in [1.165, 1.54) is 6.33 Å². The van der Waals surface area contributed by atoms with Gasteiger partial charge >= 0.3 is 0 Å². The molecule has 2 N–H and O–H groups in total. The van der Waals surface area contributed by atoms with Crippen molar-refractivity contribution in [1.29, 1.82) is 0 Å². The molecule has 2 aromatic heterocycles. The van der Waals surface area contributed by atoms with E-state index >= 15 is 0 Å². The van der Waals surface area contributed by atoms with Gasteiger partial charge in [-0.3, -0.25) is 9.78 Å². The van der Waals surface area contributed by atoms with Crippen LogP contribution in [0.2, 0.25) is 0 Å². The van der Waals surface area contributed by atoms with Gasteiger partial charge in [0.2, 0.25) is 0 Å². The zero-order valence-electron chi connectivity index (χ0n) is 12.1. The van der Waals surface area contributed by atoms with Crippen molar-refractivity contribution < 1.29 is 9.53 Å². The number of hydrogen-bond donors (Lipinski definition) is 3. The summed E-state index contributed by atoms with van der Waals surface area (Å²) in [5, 5.41) is 2.76. The number of anilines is 1. The highest BCUT2D eigenvalue weighted by atomic mass is 32.1. The lowest BCUT2D eigenvalue weighted by Crippen LogP contribution is -2.52. The molecule has 1 aliphatic heterocycles. The van der Waals surface area contributed by atoms with Crippen LogP contribution in [0.4, 0.5) is 5.82 Å². The van der Waals surface area contributed by atoms with Gasteiger partial charge in [-0.2, -0.15) is 0 Å². The van der Waals surface area contributed by atoms with E-state index in [4.69, 9.17) is 4.74 Å². The van der Waals surface area contributed by atoms with Gasteiger partial charge in [0, 0.05) is 12.7 Å². The third-order valence-electron chi connectivity index (χ3n) is 3.37. The van der Waals surface area contributed by atoms with E-state index in [1.807, 2.05) is 30.0 Å². The molecule has 3 heterocycles. The first kappa shape index (κ1) is 14.9. The van der Waals surface area contributed by atoms with E-state index in [-0.39, 0.29) is 12.0 Å². The lowest BCUT2D eigenvalue weighted by Gasteiger charge is -2.34. The van der Waals surface area contributed by atoms with Gasteiger partial charge in [-0.1, -0.05) is 6.07 Å². The lowest BCUT2D eigenvalue weighted by atomic mass is 10.3. The van der Waals surface area contributed by atoms with Crippen LogP contribution in [0.15, 0.2) is 30.7 Å². The van der Waals surface area contributed by atoms with Gasteiger partial charge in [0.05, 0.1) is 24.7 Å². The second-order valence-electron chi connectivity index (χ2n) is 5.04. The zero-order chi connectivity index (χ0) is 15.5. The molecular weight excluding hydrogens is 302 g/mol. The molecule has 0 aliphatic carbocycles. The van der Waals surface area contributed by atoms with Gasteiger partial charge < -0.3 is 19.9 Å². The molecule has 116 valence electrons. The minimum Gasteiger partial charge on any atom is -0.370 e. The molecule has 1 amide bonds. The zero-order valence-corrected chi connectivity index (χ0v) is 13.0. The van der Waals surface area contributed by atoms with Crippen molar-refractivity contribution in [3.8, 4) is 0 Å². The maximum absolute atomic E-state index is 11.8. The maximum atomic E-state index is 11.8. The highest BCUT2D eigenvalue weighted by molar-refractivity contribution is 7.81. The van der Waals surface area contributed by atoms with Crippen LogP contribution in [0, 0.1) is 0 Å². The number of imidazole rings is 1. The van der Waals surface area contributed by atoms with E-state index in [9.17, 15) is 4.79 Å². The molecule has 0 saturated carbocycles. The second kappa shape index (κ2) is 6.37. The Balaban J connectivity index is 1.63. The van der Waals surface area contributed by atoms with Crippen LogP contribution in [0.3, 0.4) is 0 Å². The number of fused-ring (bicyclic) bond motifs is 1. The van der Waals surface area contributed by atoms with E-state index in [1.54, 1.807) is 6.20 Å². The quantitative estimate of drug-likeness (QED) is 0.721. The molecule has 7 nitrogen and oxygen atoms in total. The Morgan fingerprint density at radius 3 is 3.09 bits per heavy atom. The average molecular weight is 319 g/mol. The fraction of sp³-hybridized carbons (Fsp3) is 0.357. The molecule has 1 aliphatic rings. The van der Waals surface area contributed by atoms with Crippen LogP contribution >= 0.6 is 12.6 Å². The Hall–Kier alpha value is -2.06. The summed E-state index contributed by atoms with van der Waals surface area (Å²) in [5.74, 6) is 0.392. The number of hydrogen-bond acceptors (Lipinski definition) is 6. The van der Waals surface area contributed by atoms with Gasteiger partial charge in [-0.15, -0.1) is 12.6 Å². The van der Waals surface area contributed by atoms with Crippen molar-refractivity contribution in [2.24, 2.45) is 0 Å². The molecule has 2 atom stereocenters. The SMILES string of the molecule is CC(CN1c2nc[nH]c2C(=O)NC1S)OCc1ccccn1. The fourth-order valence-corrected chi connectivity index (χ4v) is 2.60. The normalized spacial score (nSPS) is 18.7. The smallest absolute Gasteiger partial charge is 0.273 e. The van der Waals surface area contributed by atoms with Gasteiger partial charge in [0.1, 0.15) is 11.2 Å². The number of amides is 1. The van der Waals surface area contributed by atoms with Gasteiger partial charge in [-0.25, -0.2) is 4.98 Å². The molecule has 22 heavy (non-hydrogen) atoms. The molecule has 3 rings (SSSR count). The Bertz CT molecular complexity index is 648. The first-order valence-corrected chi connectivity index (χ1v) is 7.47. The molecule has 0 aromatic carbocycles. The highest BCUT2D eigenvalue weighted by Gasteiger charge is 2.31. The molecule has 2 aromatic rings. The summed E-state index contributed by atoms with van der Waals surface area (Å²) in [6, 6.07) is 5.71. The summed E-state index contributed by atoms with van der Waals surface area (Å²) in [6.07, 6.45) is 3.17. The Kier molecular flexibility index (Phi) is 4.30. The third kappa shape index (κ3) is 3.07. The average Bonchev–Trinajstić information content (AvgIpc) is 3.00. The Morgan fingerprint density at radius 1 is 1.45 bits per heavy atom. The maximum Gasteiger partial charge on any atom is 0.273 e. The van der Waals surface area contributed by atoms with Crippen molar-refractivity contribution in [2.45, 2.75) is 25.1 Å². The number of aromatic amines is 1. The summed E-state index contributed by atoms with van der Waals surface area (Å²) in [4.78, 5) is 25.0. The molecule has 0 radical (unpaired) electrons. The van der Waals surface area contributed by atoms with E-state index < -0.39 is 5.50 Å². The number of H-pyrrole nitrogens is 1. The Morgan fingerprint density at radius 2 is 2.32 bits per heavy atom. The minimum atomic E-state index is -0.427. The molecule has 2 unspecified atom stereocenters. The summed E-state index contributed by atoms with van der Waals surface area (Å²) >= 11 is 4.40. The first-order chi connectivity index (χ1) is 10.6. The number of nitrogens with zero attached hydrogens (tertiary/aromatic N) is 3. The predicted octanol–water partition coefficient (Wildman–Crippen LogP) is 1.17. The van der Waals surface area contributed by atoms with Gasteiger partial charge in [0.25, 0.3) is 5.91 Å². The topological polar surface area (TPSA) is 83.1 Å². The third-order valence-corrected chi connectivity index (χ3v) is 3.78. The number of ether oxygens (including phenoxy) is 1. The molecule has 0 fully saturated rings. The number of pyridine rings is 1. The van der Waals surface area contributed by atoms with Crippen LogP contribution in [0.25, 0.3) is 0 Å². The van der Waals surface area contributed by atoms with Crippen molar-refractivity contribution >= 4 is 24.4 Å². The van der Waals surface area contributed by atoms with Crippen LogP contribution in [-0.2, 0) is 11.3 Å². The monoisotopic (exact) mass is 319 g/mol. The highest BCUT2D eigenvalue weighted by Crippen LogP contribution is 2.24. The fourth-order valence-electron chi connectivity index (χ4n) is 2.28. The molecular formula is C14H17N5O2S. The Labute approximate surface area is 133 Å². The lowest BCUT2D eigenvalue weighted by molar-refractivity contribution is 0.0543. The van der Waals surface area contributed by atoms with E-state index in [2.05, 4.69) is 32.9 Å². The first-order valence-electron chi connectivity index (χ1n) is 6.95. The number of nitrogens with one attached hydrogen (secondary N) is 2. The van der Waals surface area contributed by atoms with E-state index in [0.717, 1.165) is 5.69 Å². The van der Waals surface area contributed by atoms with Crippen molar-refractivity contribution in [2.75, 3.05) is 11.4 Å². The summed E-state index contributed by atoms with van der Waals surface area (Å²) in [7, 11) is 0. The van der Waals surface area contributed by atoms with Crippen LogP contribution < -0.4 is 10.2 Å². The second-order valence-corrected chi connectivity index (χ2v) is 5.53. The van der Waals surface area contributed by atoms with Gasteiger partial charge in [0.15, 0.2) is 5.82 Å². The molecule has 8 heteroatoms. The van der Waals surface area contributed by atoms with Crippen molar-refractivity contribution in [1.82, 2.24) is 20.3 Å². The van der Waals surface area contributed by atoms with Crippen LogP contribution in [-0.4, -0.2) is 39.0 Å². The van der Waals surface area contributed by atoms with Crippen LogP contribution in [0.1, 0.15) is 23.1 Å². The molecule has 0 bridgehead atoms. The van der Waals surface area contributed by atoms with Crippen molar-refractivity contribution in [3.63, 3.8) is 0 Å². The van der Waals surface area contributed by atoms with E-state index in [0.29, 0.717) is 24.7 Å². The number of carbonyl (C=O) groups is 1. The number of rotatable bonds is 5. The molecule has 0 saturated heterocycles. The van der Waals surface area contributed by atoms with Crippen molar-refractivity contribution in [3.05, 3.63) is 42.1 Å². The van der Waals surface area contributed by atoms with Crippen LogP contribution in [0.5, 0.6) is 0 Å². The minimum absolute atomic E-state index is 0.0730. The standard InChI is InChI=1S/C14H17N5O2S/c1-9(21-7-10-4-2-3-5-15-10)6-19-12-11(16-8-17-12)13(20)18-14(19)22/h2-5,8-9,14,22H,6-7H2,1H3,(H,16,17)(H,18,20). The summed E-state index contributed by atoms with van der Waals surface area (Å²) in [6.45, 7) is 2.96. The largest absolute Gasteiger partial charge is 0.370 e. The predicted molar refractivity (Wildman–Crippen MR) is 84.7 cm³/mol. The summed E-state index contributed by atoms with van der Waals surface area (Å²) < 4.78 is 5.81. The number of carbonyl (C=O) groups excluding carboxylic acids is 1. The van der Waals surface area contributed by atoms with Gasteiger partial charge in [-0.05, 0) is 19.1 Å². The molecule has 0 spiro atoms. The summed E-state index contributed by atoms with van der Waals surface area (Å²) in [5.41, 5.74) is 0.899. The number of thiol groups is 1. The number of aromatic nitrogens is 3.